The van der Waals surface area contributed by atoms with Gasteiger partial charge in [0, 0.05) is 11.4 Å². The third-order valence-corrected chi connectivity index (χ3v) is 4.88. The molecule has 0 saturated carbocycles. The summed E-state index contributed by atoms with van der Waals surface area (Å²) in [6, 6.07) is 7.16. The van der Waals surface area contributed by atoms with E-state index in [0.717, 1.165) is 19.3 Å². The quantitative estimate of drug-likeness (QED) is 0.623. The lowest BCUT2D eigenvalue weighted by Crippen LogP contribution is -2.30. The zero-order chi connectivity index (χ0) is 15.9. The smallest absolute Gasteiger partial charge is 0.316 e. The molecule has 0 heterocycles. The van der Waals surface area contributed by atoms with Crippen molar-refractivity contribution < 1.29 is 14.7 Å². The van der Waals surface area contributed by atoms with Crippen molar-refractivity contribution in [1.82, 2.24) is 5.32 Å². The van der Waals surface area contributed by atoms with Gasteiger partial charge in [-0.2, -0.15) is 0 Å². The van der Waals surface area contributed by atoms with Crippen LogP contribution in [0.15, 0.2) is 41.3 Å². The highest BCUT2D eigenvalue weighted by molar-refractivity contribution is 8.00. The molecular weight excluding hydrogens is 298 g/mol. The van der Waals surface area contributed by atoms with Crippen LogP contribution < -0.4 is 5.32 Å². The third-order valence-electron chi connectivity index (χ3n) is 3.71. The van der Waals surface area contributed by atoms with Crippen molar-refractivity contribution >= 4 is 23.6 Å². The van der Waals surface area contributed by atoms with Crippen LogP contribution in [0, 0.1) is 5.92 Å². The number of benzene rings is 1. The number of hydrogen-bond donors (Lipinski definition) is 2. The molecule has 0 saturated heterocycles. The van der Waals surface area contributed by atoms with E-state index in [2.05, 4.69) is 17.5 Å². The molecule has 1 aliphatic carbocycles. The molecule has 2 atom stereocenters. The van der Waals surface area contributed by atoms with Crippen LogP contribution >= 0.6 is 11.8 Å². The maximum Gasteiger partial charge on any atom is 0.316 e. The molecule has 2 unspecified atom stereocenters. The Morgan fingerprint density at radius 2 is 2.14 bits per heavy atom. The SMILES string of the molecule is CC(Sc1ccccc1C(=O)NCC1CC=CCC1)C(=O)O. The molecule has 0 fully saturated rings. The first-order valence-electron chi connectivity index (χ1n) is 7.49. The highest BCUT2D eigenvalue weighted by Crippen LogP contribution is 2.27. The predicted molar refractivity (Wildman–Crippen MR) is 88.2 cm³/mol. The molecule has 0 spiro atoms. The molecule has 0 bridgehead atoms. The second-order valence-electron chi connectivity index (χ2n) is 5.45. The standard InChI is InChI=1S/C17H21NO3S/c1-12(17(20)21)22-15-10-6-5-9-14(15)16(19)18-11-13-7-3-2-4-8-13/h2-3,5-6,9-10,12-13H,4,7-8,11H2,1H3,(H,18,19)(H,20,21). The van der Waals surface area contributed by atoms with Crippen LogP contribution in [-0.4, -0.2) is 28.8 Å². The summed E-state index contributed by atoms with van der Waals surface area (Å²) in [7, 11) is 0. The molecule has 0 radical (unpaired) electrons. The largest absolute Gasteiger partial charge is 0.480 e. The van der Waals surface area contributed by atoms with E-state index in [9.17, 15) is 9.59 Å². The Morgan fingerprint density at radius 3 is 2.82 bits per heavy atom. The Bertz CT molecular complexity index is 571. The average Bonchev–Trinajstić information content (AvgIpc) is 2.54. The van der Waals surface area contributed by atoms with E-state index in [0.29, 0.717) is 22.9 Å². The Kier molecular flexibility index (Phi) is 6.07. The second-order valence-corrected chi connectivity index (χ2v) is 6.84. The number of amides is 1. The molecule has 118 valence electrons. The summed E-state index contributed by atoms with van der Waals surface area (Å²) in [5, 5.41) is 11.4. The fourth-order valence-electron chi connectivity index (χ4n) is 2.37. The Hall–Kier alpha value is -1.75. The van der Waals surface area contributed by atoms with Crippen molar-refractivity contribution in [1.29, 1.82) is 0 Å². The maximum absolute atomic E-state index is 12.4. The zero-order valence-corrected chi connectivity index (χ0v) is 13.4. The van der Waals surface area contributed by atoms with Crippen LogP contribution in [-0.2, 0) is 4.79 Å². The van der Waals surface area contributed by atoms with Gasteiger partial charge in [-0.3, -0.25) is 9.59 Å². The van der Waals surface area contributed by atoms with Crippen LogP contribution in [0.4, 0.5) is 0 Å². The van der Waals surface area contributed by atoms with E-state index < -0.39 is 11.2 Å². The van der Waals surface area contributed by atoms with Gasteiger partial charge < -0.3 is 10.4 Å². The van der Waals surface area contributed by atoms with Crippen LogP contribution in [0.3, 0.4) is 0 Å². The highest BCUT2D eigenvalue weighted by atomic mass is 32.2. The van der Waals surface area contributed by atoms with Gasteiger partial charge in [-0.05, 0) is 44.2 Å². The van der Waals surface area contributed by atoms with Gasteiger partial charge in [-0.1, -0.05) is 24.3 Å². The number of carbonyl (C=O) groups excluding carboxylic acids is 1. The minimum Gasteiger partial charge on any atom is -0.480 e. The summed E-state index contributed by atoms with van der Waals surface area (Å²) >= 11 is 1.20. The first-order chi connectivity index (χ1) is 10.6. The van der Waals surface area contributed by atoms with Gasteiger partial charge in [0.25, 0.3) is 5.91 Å². The van der Waals surface area contributed by atoms with Crippen LogP contribution in [0.2, 0.25) is 0 Å². The summed E-state index contributed by atoms with van der Waals surface area (Å²) < 4.78 is 0. The van der Waals surface area contributed by atoms with E-state index in [1.165, 1.54) is 11.8 Å². The number of carboxylic acids is 1. The van der Waals surface area contributed by atoms with Crippen molar-refractivity contribution in [3.63, 3.8) is 0 Å². The van der Waals surface area contributed by atoms with E-state index in [-0.39, 0.29) is 5.91 Å². The van der Waals surface area contributed by atoms with E-state index in [1.54, 1.807) is 25.1 Å². The lowest BCUT2D eigenvalue weighted by Gasteiger charge is -2.18. The molecule has 5 heteroatoms. The molecule has 2 N–H and O–H groups in total. The van der Waals surface area contributed by atoms with E-state index in [4.69, 9.17) is 5.11 Å². The normalized spacial score (nSPS) is 18.7. The van der Waals surface area contributed by atoms with E-state index >= 15 is 0 Å². The number of thioether (sulfide) groups is 1. The van der Waals surface area contributed by atoms with Crippen molar-refractivity contribution in [3.8, 4) is 0 Å². The number of carboxylic acid groups (broad SMARTS) is 1. The first kappa shape index (κ1) is 16.6. The van der Waals surface area contributed by atoms with Gasteiger partial charge >= 0.3 is 5.97 Å². The maximum atomic E-state index is 12.4. The topological polar surface area (TPSA) is 66.4 Å². The number of carbonyl (C=O) groups is 2. The fourth-order valence-corrected chi connectivity index (χ4v) is 3.30. The molecule has 1 aliphatic rings. The summed E-state index contributed by atoms with van der Waals surface area (Å²) in [5.74, 6) is -0.517. The van der Waals surface area contributed by atoms with Gasteiger partial charge in [0.15, 0.2) is 0 Å². The highest BCUT2D eigenvalue weighted by Gasteiger charge is 2.18. The summed E-state index contributed by atoms with van der Waals surface area (Å²) in [5.41, 5.74) is 0.548. The average molecular weight is 319 g/mol. The number of nitrogens with one attached hydrogen (secondary N) is 1. The zero-order valence-electron chi connectivity index (χ0n) is 12.6. The molecule has 1 amide bonds. The number of rotatable bonds is 6. The fraction of sp³-hybridized carbons (Fsp3) is 0.412. The van der Waals surface area contributed by atoms with Gasteiger partial charge in [-0.15, -0.1) is 11.8 Å². The Balaban J connectivity index is 1.99. The third kappa shape index (κ3) is 4.63. The monoisotopic (exact) mass is 319 g/mol. The second kappa shape index (κ2) is 8.03. The molecule has 2 rings (SSSR count). The summed E-state index contributed by atoms with van der Waals surface area (Å²) in [6.07, 6.45) is 7.52. The molecule has 0 aliphatic heterocycles. The molecule has 4 nitrogen and oxygen atoms in total. The number of hydrogen-bond acceptors (Lipinski definition) is 3. The van der Waals surface area contributed by atoms with E-state index in [1.807, 2.05) is 6.07 Å². The van der Waals surface area contributed by atoms with Crippen molar-refractivity contribution in [2.75, 3.05) is 6.54 Å². The van der Waals surface area contributed by atoms with Crippen molar-refractivity contribution in [3.05, 3.63) is 42.0 Å². The summed E-state index contributed by atoms with van der Waals surface area (Å²) in [4.78, 5) is 24.1. The van der Waals surface area contributed by atoms with Gasteiger partial charge in [-0.25, -0.2) is 0 Å². The number of allylic oxidation sites excluding steroid dienone is 2. The van der Waals surface area contributed by atoms with Crippen molar-refractivity contribution in [2.45, 2.75) is 36.3 Å². The van der Waals surface area contributed by atoms with Crippen LogP contribution in [0.25, 0.3) is 0 Å². The molecule has 22 heavy (non-hydrogen) atoms. The first-order valence-corrected chi connectivity index (χ1v) is 8.37. The lowest BCUT2D eigenvalue weighted by molar-refractivity contribution is -0.136. The van der Waals surface area contributed by atoms with Crippen LogP contribution in [0.5, 0.6) is 0 Å². The van der Waals surface area contributed by atoms with Gasteiger partial charge in [0.05, 0.1) is 5.56 Å². The minimum atomic E-state index is -0.880. The van der Waals surface area contributed by atoms with Crippen LogP contribution in [0.1, 0.15) is 36.5 Å². The summed E-state index contributed by atoms with van der Waals surface area (Å²) in [6.45, 7) is 2.28. The molecule has 1 aromatic carbocycles. The van der Waals surface area contributed by atoms with Gasteiger partial charge in [0.2, 0.25) is 0 Å². The molecular formula is C17H21NO3S. The van der Waals surface area contributed by atoms with Crippen molar-refractivity contribution in [2.24, 2.45) is 5.92 Å². The number of aliphatic carboxylic acids is 1. The Labute approximate surface area is 135 Å². The minimum absolute atomic E-state index is 0.129. The molecule has 1 aromatic rings. The molecule has 0 aromatic heterocycles. The lowest BCUT2D eigenvalue weighted by atomic mass is 9.94. The Morgan fingerprint density at radius 1 is 1.36 bits per heavy atom. The van der Waals surface area contributed by atoms with Gasteiger partial charge in [0.1, 0.15) is 5.25 Å². The predicted octanol–water partition coefficient (Wildman–Crippen LogP) is 3.34.